The van der Waals surface area contributed by atoms with Crippen molar-refractivity contribution >= 4 is 29.3 Å². The zero-order chi connectivity index (χ0) is 24.9. The van der Waals surface area contributed by atoms with Crippen LogP contribution in [0.15, 0.2) is 41.0 Å². The van der Waals surface area contributed by atoms with E-state index in [1.54, 1.807) is 17.0 Å². The maximum Gasteiger partial charge on any atom is 0.289 e. The molecule has 2 saturated heterocycles. The third-order valence-electron chi connectivity index (χ3n) is 6.57. The first-order chi connectivity index (χ1) is 16.8. The van der Waals surface area contributed by atoms with Gasteiger partial charge in [0.15, 0.2) is 5.76 Å². The molecule has 10 nitrogen and oxygen atoms in total. The summed E-state index contributed by atoms with van der Waals surface area (Å²) in [5.74, 6) is -0.708. The highest BCUT2D eigenvalue weighted by Gasteiger charge is 2.35. The molecule has 1 aromatic heterocycles. The highest BCUT2D eigenvalue weighted by Crippen LogP contribution is 2.17. The average molecular weight is 482 g/mol. The van der Waals surface area contributed by atoms with Gasteiger partial charge in [-0.1, -0.05) is 6.07 Å². The Kier molecular flexibility index (Phi) is 7.50. The zero-order valence-corrected chi connectivity index (χ0v) is 20.1. The Labute approximate surface area is 204 Å². The monoisotopic (exact) mass is 481 g/mol. The van der Waals surface area contributed by atoms with Crippen LogP contribution in [0.2, 0.25) is 0 Å². The van der Waals surface area contributed by atoms with E-state index in [0.29, 0.717) is 50.7 Å². The van der Waals surface area contributed by atoms with E-state index in [4.69, 9.17) is 4.42 Å². The zero-order valence-electron chi connectivity index (χ0n) is 20.1. The summed E-state index contributed by atoms with van der Waals surface area (Å²) >= 11 is 0. The van der Waals surface area contributed by atoms with Gasteiger partial charge in [-0.05, 0) is 49.2 Å². The Morgan fingerprint density at radius 1 is 1.06 bits per heavy atom. The summed E-state index contributed by atoms with van der Waals surface area (Å²) in [5.41, 5.74) is 2.84. The molecule has 0 aliphatic carbocycles. The van der Waals surface area contributed by atoms with Crippen LogP contribution in [-0.2, 0) is 14.4 Å². The first-order valence-corrected chi connectivity index (χ1v) is 11.8. The molecule has 4 rings (SSSR count). The fourth-order valence-electron chi connectivity index (χ4n) is 4.37. The molecule has 3 heterocycles. The molecule has 2 aromatic rings. The topological polar surface area (TPSA) is 115 Å². The smallest absolute Gasteiger partial charge is 0.289 e. The molecule has 1 aromatic carbocycles. The van der Waals surface area contributed by atoms with Gasteiger partial charge in [0.2, 0.25) is 17.7 Å². The maximum atomic E-state index is 13.1. The van der Waals surface area contributed by atoms with E-state index in [1.807, 2.05) is 36.9 Å². The van der Waals surface area contributed by atoms with E-state index in [9.17, 15) is 19.2 Å². The van der Waals surface area contributed by atoms with Gasteiger partial charge in [0.25, 0.3) is 5.91 Å². The standard InChI is InChI=1S/C25H31N5O5/c1-17-5-6-19(14-18(17)2)27-22(31)15-20-24(33)26-7-8-30(20)23(32)16-28-9-11-29(12-10-28)25(34)21-4-3-13-35-21/h3-6,13-14,20H,7-12,15-16H2,1-2H3,(H,26,33)(H,27,31)/t20-/m0/s1. The third-order valence-corrected chi connectivity index (χ3v) is 6.57. The minimum Gasteiger partial charge on any atom is -0.459 e. The van der Waals surface area contributed by atoms with Gasteiger partial charge in [-0.2, -0.15) is 0 Å². The SMILES string of the molecule is Cc1ccc(NC(=O)C[C@H]2C(=O)NCCN2C(=O)CN2CCN(C(=O)c3ccco3)CC2)cc1C. The van der Waals surface area contributed by atoms with Crippen LogP contribution in [0.1, 0.15) is 28.1 Å². The van der Waals surface area contributed by atoms with E-state index in [1.165, 1.54) is 11.2 Å². The van der Waals surface area contributed by atoms with E-state index in [-0.39, 0.29) is 36.6 Å². The lowest BCUT2D eigenvalue weighted by Crippen LogP contribution is -2.60. The third kappa shape index (κ3) is 5.89. The van der Waals surface area contributed by atoms with Crippen LogP contribution in [0.5, 0.6) is 0 Å². The number of carbonyl (C=O) groups is 4. The van der Waals surface area contributed by atoms with Crippen LogP contribution in [0.3, 0.4) is 0 Å². The molecule has 2 aliphatic rings. The molecule has 0 saturated carbocycles. The van der Waals surface area contributed by atoms with Crippen molar-refractivity contribution in [3.05, 3.63) is 53.5 Å². The Bertz CT molecular complexity index is 1090. The van der Waals surface area contributed by atoms with E-state index in [2.05, 4.69) is 10.6 Å². The minimum atomic E-state index is -0.857. The summed E-state index contributed by atoms with van der Waals surface area (Å²) < 4.78 is 5.19. The molecule has 2 fully saturated rings. The summed E-state index contributed by atoms with van der Waals surface area (Å²) in [4.78, 5) is 56.0. The highest BCUT2D eigenvalue weighted by molar-refractivity contribution is 5.97. The molecule has 4 amide bonds. The second-order valence-corrected chi connectivity index (χ2v) is 8.99. The van der Waals surface area contributed by atoms with E-state index < -0.39 is 6.04 Å². The van der Waals surface area contributed by atoms with Gasteiger partial charge < -0.3 is 24.9 Å². The molecule has 1 atom stereocenters. The Morgan fingerprint density at radius 2 is 1.83 bits per heavy atom. The lowest BCUT2D eigenvalue weighted by atomic mass is 10.1. The molecule has 2 aliphatic heterocycles. The lowest BCUT2D eigenvalue weighted by Gasteiger charge is -2.38. The van der Waals surface area contributed by atoms with Crippen molar-refractivity contribution in [2.24, 2.45) is 0 Å². The van der Waals surface area contributed by atoms with Crippen molar-refractivity contribution in [2.75, 3.05) is 51.1 Å². The lowest BCUT2D eigenvalue weighted by molar-refractivity contribution is -0.145. The molecule has 0 spiro atoms. The summed E-state index contributed by atoms with van der Waals surface area (Å²) in [6.45, 7) is 6.83. The Balaban J connectivity index is 1.32. The number of hydrogen-bond acceptors (Lipinski definition) is 6. The van der Waals surface area contributed by atoms with Gasteiger partial charge in [-0.25, -0.2) is 0 Å². The fraction of sp³-hybridized carbons (Fsp3) is 0.440. The average Bonchev–Trinajstić information content (AvgIpc) is 3.38. The quantitative estimate of drug-likeness (QED) is 0.637. The first-order valence-electron chi connectivity index (χ1n) is 11.8. The maximum absolute atomic E-state index is 13.1. The van der Waals surface area contributed by atoms with Crippen molar-refractivity contribution in [3.63, 3.8) is 0 Å². The predicted octanol–water partition coefficient (Wildman–Crippen LogP) is 1.01. The number of aryl methyl sites for hydroxylation is 2. The van der Waals surface area contributed by atoms with Crippen molar-refractivity contribution in [1.82, 2.24) is 20.0 Å². The van der Waals surface area contributed by atoms with Gasteiger partial charge >= 0.3 is 0 Å². The molecular formula is C25H31N5O5. The van der Waals surface area contributed by atoms with Crippen molar-refractivity contribution in [2.45, 2.75) is 26.3 Å². The fourth-order valence-corrected chi connectivity index (χ4v) is 4.37. The molecule has 2 N–H and O–H groups in total. The number of furan rings is 1. The minimum absolute atomic E-state index is 0.115. The van der Waals surface area contributed by atoms with Crippen LogP contribution >= 0.6 is 0 Å². The molecule has 0 bridgehead atoms. The number of anilines is 1. The molecule has 35 heavy (non-hydrogen) atoms. The second-order valence-electron chi connectivity index (χ2n) is 8.99. The van der Waals surface area contributed by atoms with E-state index in [0.717, 1.165) is 11.1 Å². The number of amides is 4. The van der Waals surface area contributed by atoms with Crippen LogP contribution in [0.25, 0.3) is 0 Å². The molecule has 10 heteroatoms. The van der Waals surface area contributed by atoms with Crippen LogP contribution < -0.4 is 10.6 Å². The van der Waals surface area contributed by atoms with Crippen molar-refractivity contribution < 1.29 is 23.6 Å². The van der Waals surface area contributed by atoms with Gasteiger partial charge in [0, 0.05) is 45.0 Å². The van der Waals surface area contributed by atoms with Gasteiger partial charge in [-0.15, -0.1) is 0 Å². The number of rotatable bonds is 6. The number of hydrogen-bond donors (Lipinski definition) is 2. The van der Waals surface area contributed by atoms with Crippen LogP contribution in [0.4, 0.5) is 5.69 Å². The Morgan fingerprint density at radius 3 is 2.51 bits per heavy atom. The summed E-state index contributed by atoms with van der Waals surface area (Å²) in [6, 6.07) is 8.08. The van der Waals surface area contributed by atoms with Crippen LogP contribution in [-0.4, -0.2) is 90.2 Å². The van der Waals surface area contributed by atoms with E-state index >= 15 is 0 Å². The van der Waals surface area contributed by atoms with Crippen molar-refractivity contribution in [1.29, 1.82) is 0 Å². The highest BCUT2D eigenvalue weighted by atomic mass is 16.3. The van der Waals surface area contributed by atoms with Gasteiger partial charge in [0.05, 0.1) is 19.2 Å². The number of nitrogens with zero attached hydrogens (tertiary/aromatic N) is 3. The normalized spacial score (nSPS) is 18.8. The number of piperazine rings is 2. The largest absolute Gasteiger partial charge is 0.459 e. The molecular weight excluding hydrogens is 450 g/mol. The molecule has 0 radical (unpaired) electrons. The molecule has 186 valence electrons. The van der Waals surface area contributed by atoms with Crippen LogP contribution in [0, 0.1) is 13.8 Å². The van der Waals surface area contributed by atoms with Crippen molar-refractivity contribution in [3.8, 4) is 0 Å². The Hall–Kier alpha value is -3.66. The number of nitrogens with one attached hydrogen (secondary N) is 2. The van der Waals surface area contributed by atoms with Gasteiger partial charge in [-0.3, -0.25) is 24.1 Å². The summed E-state index contributed by atoms with van der Waals surface area (Å²) in [6.07, 6.45) is 1.35. The second kappa shape index (κ2) is 10.7. The first kappa shape index (κ1) is 24.5. The van der Waals surface area contributed by atoms with Gasteiger partial charge in [0.1, 0.15) is 6.04 Å². The summed E-state index contributed by atoms with van der Waals surface area (Å²) in [7, 11) is 0. The number of benzene rings is 1. The predicted molar refractivity (Wildman–Crippen MR) is 129 cm³/mol. The summed E-state index contributed by atoms with van der Waals surface area (Å²) in [5, 5.41) is 5.59. The molecule has 0 unspecified atom stereocenters. The number of carbonyl (C=O) groups excluding carboxylic acids is 4.